The second-order valence-electron chi connectivity index (χ2n) is 2.24. The first-order valence-corrected chi connectivity index (χ1v) is 2.61. The molecule has 0 aromatic rings. The maximum Gasteiger partial charge on any atom is 0.0996 e. The molecule has 0 aliphatic rings. The van der Waals surface area contributed by atoms with Crippen molar-refractivity contribution >= 4 is 0 Å². The minimum Gasteiger partial charge on any atom is -0.390 e. The Morgan fingerprint density at radius 1 is 1.75 bits per heavy atom. The molecule has 0 heterocycles. The summed E-state index contributed by atoms with van der Waals surface area (Å²) in [5, 5.41) is 17.8. The van der Waals surface area contributed by atoms with E-state index in [2.05, 4.69) is 0 Å². The third-order valence-electron chi connectivity index (χ3n) is 1.31. The first-order valence-electron chi connectivity index (χ1n) is 2.61. The highest BCUT2D eigenvalue weighted by Gasteiger charge is 2.23. The van der Waals surface area contributed by atoms with E-state index in [-0.39, 0.29) is 6.54 Å². The third-order valence-corrected chi connectivity index (χ3v) is 1.31. The average Bonchev–Trinajstić information content (AvgIpc) is 1.67. The number of nitrogens with two attached hydrogens (primary N) is 1. The van der Waals surface area contributed by atoms with Gasteiger partial charge in [0.2, 0.25) is 0 Å². The van der Waals surface area contributed by atoms with Crippen molar-refractivity contribution in [2.75, 3.05) is 6.54 Å². The summed E-state index contributed by atoms with van der Waals surface area (Å²) in [6.07, 6.45) is -0.757. The number of hydrogen-bond donors (Lipinski definition) is 3. The molecule has 0 aliphatic heterocycles. The van der Waals surface area contributed by atoms with Crippen molar-refractivity contribution in [2.24, 2.45) is 5.73 Å². The van der Waals surface area contributed by atoms with Gasteiger partial charge in [0.1, 0.15) is 0 Å². The fraction of sp³-hybridized carbons (Fsp3) is 1.00. The summed E-state index contributed by atoms with van der Waals surface area (Å²) in [6, 6.07) is 0. The zero-order chi connectivity index (χ0) is 6.78. The number of hydrogen-bond acceptors (Lipinski definition) is 3. The molecule has 0 aromatic heterocycles. The second kappa shape index (κ2) is 2.44. The van der Waals surface area contributed by atoms with E-state index in [1.54, 1.807) is 0 Å². The summed E-state index contributed by atoms with van der Waals surface area (Å²) in [7, 11) is 0. The molecule has 2 atom stereocenters. The zero-order valence-corrected chi connectivity index (χ0v) is 5.26. The van der Waals surface area contributed by atoms with Gasteiger partial charge in [0.15, 0.2) is 0 Å². The van der Waals surface area contributed by atoms with Crippen LogP contribution in [0, 0.1) is 0 Å². The van der Waals surface area contributed by atoms with Crippen LogP contribution >= 0.6 is 0 Å². The maximum atomic E-state index is 9.03. The molecule has 2 unspecified atom stereocenters. The lowest BCUT2D eigenvalue weighted by Gasteiger charge is -2.23. The van der Waals surface area contributed by atoms with Gasteiger partial charge in [-0.3, -0.25) is 0 Å². The Kier molecular flexibility index (Phi) is 2.40. The Morgan fingerprint density at radius 2 is 2.12 bits per heavy atom. The number of aliphatic hydroxyl groups is 2. The van der Waals surface area contributed by atoms with E-state index in [0.717, 1.165) is 0 Å². The standard InChI is InChI=1S/C5H13NO2/c1-4(7)5(2,8)3-6/h4,7-8H,3,6H2,1-2H3. The van der Waals surface area contributed by atoms with Gasteiger partial charge in [-0.05, 0) is 13.8 Å². The van der Waals surface area contributed by atoms with Crippen molar-refractivity contribution in [3.05, 3.63) is 0 Å². The van der Waals surface area contributed by atoms with Gasteiger partial charge in [-0.15, -0.1) is 0 Å². The first kappa shape index (κ1) is 7.88. The van der Waals surface area contributed by atoms with Crippen LogP contribution in [0.1, 0.15) is 13.8 Å². The lowest BCUT2D eigenvalue weighted by atomic mass is 10.0. The Labute approximate surface area is 49.1 Å². The van der Waals surface area contributed by atoms with E-state index in [9.17, 15) is 0 Å². The summed E-state index contributed by atoms with van der Waals surface area (Å²) in [6.45, 7) is 3.09. The molecule has 0 bridgehead atoms. The van der Waals surface area contributed by atoms with E-state index < -0.39 is 11.7 Å². The van der Waals surface area contributed by atoms with Gasteiger partial charge in [-0.2, -0.15) is 0 Å². The highest BCUT2D eigenvalue weighted by atomic mass is 16.3. The molecule has 0 aromatic carbocycles. The zero-order valence-electron chi connectivity index (χ0n) is 5.26. The molecule has 0 aliphatic carbocycles. The molecule has 3 heteroatoms. The summed E-state index contributed by atoms with van der Waals surface area (Å²) >= 11 is 0. The largest absolute Gasteiger partial charge is 0.390 e. The molecule has 0 amide bonds. The Bertz CT molecular complexity index is 70.8. The molecule has 4 N–H and O–H groups in total. The normalized spacial score (nSPS) is 22.1. The quantitative estimate of drug-likeness (QED) is 0.440. The predicted octanol–water partition coefficient (Wildman–Crippen LogP) is -0.923. The van der Waals surface area contributed by atoms with Gasteiger partial charge < -0.3 is 15.9 Å². The Balaban J connectivity index is 3.71. The average molecular weight is 119 g/mol. The number of rotatable bonds is 2. The lowest BCUT2D eigenvalue weighted by molar-refractivity contribution is -0.0446. The molecule has 0 saturated carbocycles. The van der Waals surface area contributed by atoms with Gasteiger partial charge in [0, 0.05) is 6.54 Å². The second-order valence-corrected chi connectivity index (χ2v) is 2.24. The molecule has 8 heavy (non-hydrogen) atoms. The van der Waals surface area contributed by atoms with E-state index in [0.29, 0.717) is 0 Å². The van der Waals surface area contributed by atoms with Crippen molar-refractivity contribution in [1.29, 1.82) is 0 Å². The van der Waals surface area contributed by atoms with Crippen molar-refractivity contribution in [3.63, 3.8) is 0 Å². The fourth-order valence-corrected chi connectivity index (χ4v) is 0.171. The monoisotopic (exact) mass is 119 g/mol. The maximum absolute atomic E-state index is 9.03. The minimum atomic E-state index is -1.12. The molecule has 0 rings (SSSR count). The van der Waals surface area contributed by atoms with E-state index >= 15 is 0 Å². The van der Waals surface area contributed by atoms with Gasteiger partial charge >= 0.3 is 0 Å². The molecule has 3 nitrogen and oxygen atoms in total. The van der Waals surface area contributed by atoms with E-state index in [1.807, 2.05) is 0 Å². The SMILES string of the molecule is CC(O)C(C)(O)CN. The molecule has 0 saturated heterocycles. The molecule has 0 spiro atoms. The van der Waals surface area contributed by atoms with Crippen molar-refractivity contribution in [1.82, 2.24) is 0 Å². The number of aliphatic hydroxyl groups excluding tert-OH is 1. The molecule has 0 fully saturated rings. The van der Waals surface area contributed by atoms with Gasteiger partial charge in [-0.25, -0.2) is 0 Å². The molecular weight excluding hydrogens is 106 g/mol. The van der Waals surface area contributed by atoms with Crippen molar-refractivity contribution in [2.45, 2.75) is 25.6 Å². The summed E-state index contributed by atoms with van der Waals surface area (Å²) < 4.78 is 0. The topological polar surface area (TPSA) is 66.5 Å². The van der Waals surface area contributed by atoms with Gasteiger partial charge in [-0.1, -0.05) is 0 Å². The van der Waals surface area contributed by atoms with Crippen molar-refractivity contribution in [3.8, 4) is 0 Å². The van der Waals surface area contributed by atoms with Crippen LogP contribution < -0.4 is 5.73 Å². The van der Waals surface area contributed by atoms with Crippen LogP contribution in [0.15, 0.2) is 0 Å². The van der Waals surface area contributed by atoms with Crippen LogP contribution in [0.2, 0.25) is 0 Å². The van der Waals surface area contributed by atoms with E-state index in [4.69, 9.17) is 15.9 Å². The third kappa shape index (κ3) is 1.78. The van der Waals surface area contributed by atoms with Crippen LogP contribution in [0.5, 0.6) is 0 Å². The molecule has 50 valence electrons. The fourth-order valence-electron chi connectivity index (χ4n) is 0.171. The highest BCUT2D eigenvalue weighted by Crippen LogP contribution is 2.05. The summed E-state index contributed by atoms with van der Waals surface area (Å²) in [5.41, 5.74) is 3.97. The smallest absolute Gasteiger partial charge is 0.0996 e. The Morgan fingerprint density at radius 3 is 2.12 bits per heavy atom. The van der Waals surface area contributed by atoms with Crippen LogP contribution in [0.3, 0.4) is 0 Å². The van der Waals surface area contributed by atoms with Gasteiger partial charge in [0.05, 0.1) is 11.7 Å². The van der Waals surface area contributed by atoms with Crippen molar-refractivity contribution < 1.29 is 10.2 Å². The minimum absolute atomic E-state index is 0.0880. The summed E-state index contributed by atoms with van der Waals surface area (Å²) in [5.74, 6) is 0. The van der Waals surface area contributed by atoms with Crippen LogP contribution in [-0.4, -0.2) is 28.5 Å². The molecule has 0 radical (unpaired) electrons. The van der Waals surface area contributed by atoms with E-state index in [1.165, 1.54) is 13.8 Å². The van der Waals surface area contributed by atoms with Crippen LogP contribution in [-0.2, 0) is 0 Å². The van der Waals surface area contributed by atoms with Gasteiger partial charge in [0.25, 0.3) is 0 Å². The summed E-state index contributed by atoms with van der Waals surface area (Å²) in [4.78, 5) is 0. The lowest BCUT2D eigenvalue weighted by Crippen LogP contribution is -2.44. The molecular formula is C5H13NO2. The van der Waals surface area contributed by atoms with Crippen LogP contribution in [0.25, 0.3) is 0 Å². The Hall–Kier alpha value is -0.120. The predicted molar refractivity (Wildman–Crippen MR) is 31.4 cm³/mol. The van der Waals surface area contributed by atoms with Crippen LogP contribution in [0.4, 0.5) is 0 Å². The first-order chi connectivity index (χ1) is 3.50. The highest BCUT2D eigenvalue weighted by molar-refractivity contribution is 4.78.